The summed E-state index contributed by atoms with van der Waals surface area (Å²) in [5.41, 5.74) is 1.14. The van der Waals surface area contributed by atoms with E-state index in [1.165, 1.54) is 11.8 Å². The topological polar surface area (TPSA) is 61.6 Å². The highest BCUT2D eigenvalue weighted by Gasteiger charge is 2.30. The van der Waals surface area contributed by atoms with Crippen LogP contribution in [0.15, 0.2) is 47.8 Å². The van der Waals surface area contributed by atoms with E-state index < -0.39 is 5.54 Å². The molecule has 0 fully saturated rings. The minimum Gasteiger partial charge on any atom is -0.298 e. The van der Waals surface area contributed by atoms with Crippen LogP contribution >= 0.6 is 11.8 Å². The van der Waals surface area contributed by atoms with E-state index in [-0.39, 0.29) is 0 Å². The number of aromatic nitrogens is 2. The maximum Gasteiger partial charge on any atom is 0.187 e. The van der Waals surface area contributed by atoms with Crippen LogP contribution in [0.2, 0.25) is 0 Å². The van der Waals surface area contributed by atoms with Crippen molar-refractivity contribution in [2.45, 2.75) is 17.6 Å². The summed E-state index contributed by atoms with van der Waals surface area (Å²) in [5, 5.41) is 13.4. The van der Waals surface area contributed by atoms with E-state index >= 15 is 0 Å². The molecule has 1 aromatic carbocycles. The number of nitrogens with zero attached hydrogens (tertiary/aromatic N) is 3. The lowest BCUT2D eigenvalue weighted by atomic mass is 9.94. The molecule has 0 bridgehead atoms. The molecule has 1 heterocycles. The number of nitriles is 1. The Morgan fingerprint density at radius 3 is 2.65 bits per heavy atom. The van der Waals surface area contributed by atoms with Crippen molar-refractivity contribution in [3.63, 3.8) is 0 Å². The van der Waals surface area contributed by atoms with Gasteiger partial charge in [0.25, 0.3) is 0 Å². The van der Waals surface area contributed by atoms with Crippen molar-refractivity contribution in [1.82, 2.24) is 15.3 Å². The summed E-state index contributed by atoms with van der Waals surface area (Å²) in [5.74, 6) is 0.549. The van der Waals surface area contributed by atoms with Gasteiger partial charge in [0.2, 0.25) is 0 Å². The first-order chi connectivity index (χ1) is 9.70. The molecule has 0 aliphatic heterocycles. The van der Waals surface area contributed by atoms with Gasteiger partial charge in [-0.2, -0.15) is 5.26 Å². The maximum atomic E-state index is 9.60. The summed E-state index contributed by atoms with van der Waals surface area (Å²) in [6.45, 7) is 1.93. The molecule has 2 rings (SSSR count). The summed E-state index contributed by atoms with van der Waals surface area (Å²) >= 11 is 1.48. The smallest absolute Gasteiger partial charge is 0.187 e. The van der Waals surface area contributed by atoms with Gasteiger partial charge in [-0.25, -0.2) is 9.97 Å². The van der Waals surface area contributed by atoms with E-state index in [9.17, 15) is 5.26 Å². The van der Waals surface area contributed by atoms with E-state index in [4.69, 9.17) is 0 Å². The Bertz CT molecular complexity index is 609. The van der Waals surface area contributed by atoms with Gasteiger partial charge >= 0.3 is 0 Å². The molecule has 1 aromatic heterocycles. The molecule has 102 valence electrons. The molecule has 0 spiro atoms. The van der Waals surface area contributed by atoms with Gasteiger partial charge in [-0.05, 0) is 25.6 Å². The van der Waals surface area contributed by atoms with Crippen LogP contribution in [-0.2, 0) is 5.54 Å². The van der Waals surface area contributed by atoms with Gasteiger partial charge in [-0.15, -0.1) is 0 Å². The van der Waals surface area contributed by atoms with Crippen LogP contribution in [-0.4, -0.2) is 22.8 Å². The van der Waals surface area contributed by atoms with Gasteiger partial charge in [0.15, 0.2) is 5.16 Å². The summed E-state index contributed by atoms with van der Waals surface area (Å²) in [6, 6.07) is 14.0. The molecule has 0 saturated heterocycles. The van der Waals surface area contributed by atoms with Gasteiger partial charge in [-0.1, -0.05) is 42.1 Å². The number of hydrogen-bond donors (Lipinski definition) is 1. The summed E-state index contributed by atoms with van der Waals surface area (Å²) in [6.07, 6.45) is 1.74. The Hall–Kier alpha value is -1.90. The lowest BCUT2D eigenvalue weighted by Gasteiger charge is -2.25. The third-order valence-electron chi connectivity index (χ3n) is 3.07. The number of thioether (sulfide) groups is 1. The molecule has 5 heteroatoms. The highest BCUT2D eigenvalue weighted by molar-refractivity contribution is 7.99. The number of hydrogen-bond acceptors (Lipinski definition) is 5. The number of nitrogens with one attached hydrogen (secondary N) is 1. The van der Waals surface area contributed by atoms with Crippen molar-refractivity contribution >= 4 is 11.8 Å². The second kappa shape index (κ2) is 6.51. The molecule has 0 aliphatic carbocycles. The van der Waals surface area contributed by atoms with Crippen LogP contribution in [0.4, 0.5) is 0 Å². The first kappa shape index (κ1) is 14.5. The van der Waals surface area contributed by atoms with Crippen molar-refractivity contribution in [3.8, 4) is 6.07 Å². The standard InChI is InChI=1S/C15H16N4S/c1-12-8-9-18-14(19-12)20-11-15(10-16,17-2)13-6-4-3-5-7-13/h3-9,17H,11H2,1-2H3. The van der Waals surface area contributed by atoms with Crippen LogP contribution < -0.4 is 5.32 Å². The fourth-order valence-corrected chi connectivity index (χ4v) is 2.91. The van der Waals surface area contributed by atoms with Crippen LogP contribution in [0, 0.1) is 18.3 Å². The lowest BCUT2D eigenvalue weighted by Crippen LogP contribution is -2.41. The van der Waals surface area contributed by atoms with Gasteiger partial charge in [0.1, 0.15) is 5.54 Å². The highest BCUT2D eigenvalue weighted by Crippen LogP contribution is 2.27. The van der Waals surface area contributed by atoms with E-state index in [0.717, 1.165) is 11.3 Å². The normalized spacial score (nSPS) is 13.4. The van der Waals surface area contributed by atoms with Gasteiger partial charge in [-0.3, -0.25) is 5.32 Å². The van der Waals surface area contributed by atoms with Gasteiger partial charge in [0.05, 0.1) is 6.07 Å². The molecule has 0 radical (unpaired) electrons. The first-order valence-corrected chi connectivity index (χ1v) is 7.27. The molecule has 4 nitrogen and oxygen atoms in total. The second-order valence-electron chi connectivity index (χ2n) is 4.40. The Kier molecular flexibility index (Phi) is 4.72. The van der Waals surface area contributed by atoms with Crippen molar-refractivity contribution in [1.29, 1.82) is 5.26 Å². The number of aryl methyl sites for hydroxylation is 1. The van der Waals surface area contributed by atoms with Crippen LogP contribution in [0.5, 0.6) is 0 Å². The van der Waals surface area contributed by atoms with Crippen LogP contribution in [0.25, 0.3) is 0 Å². The molecule has 20 heavy (non-hydrogen) atoms. The predicted octanol–water partition coefficient (Wildman–Crippen LogP) is 2.52. The zero-order chi connectivity index (χ0) is 14.4. The fourth-order valence-electron chi connectivity index (χ4n) is 1.84. The Labute approximate surface area is 123 Å². The van der Waals surface area contributed by atoms with Crippen LogP contribution in [0.1, 0.15) is 11.3 Å². The third kappa shape index (κ3) is 3.16. The molecule has 1 atom stereocenters. The van der Waals surface area contributed by atoms with Crippen molar-refractivity contribution in [2.75, 3.05) is 12.8 Å². The monoisotopic (exact) mass is 284 g/mol. The fraction of sp³-hybridized carbons (Fsp3) is 0.267. The molecular formula is C15H16N4S. The minimum absolute atomic E-state index is 0.549. The van der Waals surface area contributed by atoms with Gasteiger partial charge in [0, 0.05) is 17.6 Å². The maximum absolute atomic E-state index is 9.60. The van der Waals surface area contributed by atoms with E-state index in [2.05, 4.69) is 21.4 Å². The van der Waals surface area contributed by atoms with E-state index in [1.807, 2.05) is 43.3 Å². The molecule has 0 amide bonds. The zero-order valence-corrected chi connectivity index (χ0v) is 12.3. The Morgan fingerprint density at radius 2 is 2.05 bits per heavy atom. The second-order valence-corrected chi connectivity index (χ2v) is 5.34. The number of benzene rings is 1. The van der Waals surface area contributed by atoms with Crippen molar-refractivity contribution in [2.24, 2.45) is 0 Å². The van der Waals surface area contributed by atoms with Gasteiger partial charge < -0.3 is 0 Å². The quantitative estimate of drug-likeness (QED) is 0.675. The van der Waals surface area contributed by atoms with Crippen molar-refractivity contribution in [3.05, 3.63) is 53.9 Å². The SMILES string of the molecule is CNC(C#N)(CSc1nccc(C)n1)c1ccccc1. The molecule has 0 aliphatic rings. The van der Waals surface area contributed by atoms with Crippen LogP contribution in [0.3, 0.4) is 0 Å². The highest BCUT2D eigenvalue weighted by atomic mass is 32.2. The predicted molar refractivity (Wildman–Crippen MR) is 80.3 cm³/mol. The van der Waals surface area contributed by atoms with E-state index in [0.29, 0.717) is 10.9 Å². The van der Waals surface area contributed by atoms with E-state index in [1.54, 1.807) is 13.2 Å². The largest absolute Gasteiger partial charge is 0.298 e. The first-order valence-electron chi connectivity index (χ1n) is 6.28. The zero-order valence-electron chi connectivity index (χ0n) is 11.5. The Balaban J connectivity index is 2.21. The summed E-state index contributed by atoms with van der Waals surface area (Å²) < 4.78 is 0. The average molecular weight is 284 g/mol. The molecule has 1 N–H and O–H groups in total. The average Bonchev–Trinajstić information content (AvgIpc) is 2.50. The molecule has 2 aromatic rings. The molecule has 0 saturated carbocycles. The van der Waals surface area contributed by atoms with Crippen molar-refractivity contribution < 1.29 is 0 Å². The molecular weight excluding hydrogens is 268 g/mol. The number of rotatable bonds is 5. The lowest BCUT2D eigenvalue weighted by molar-refractivity contribution is 0.527. The summed E-state index contributed by atoms with van der Waals surface area (Å²) in [4.78, 5) is 8.57. The Morgan fingerprint density at radius 1 is 1.30 bits per heavy atom. The molecule has 1 unspecified atom stereocenters. The summed E-state index contributed by atoms with van der Waals surface area (Å²) in [7, 11) is 1.80. The minimum atomic E-state index is -0.737. The third-order valence-corrected chi connectivity index (χ3v) is 4.11.